The molecule has 1 aliphatic rings. The summed E-state index contributed by atoms with van der Waals surface area (Å²) in [6.07, 6.45) is 11.7. The monoisotopic (exact) mass is 301 g/mol. The second kappa shape index (κ2) is 9.29. The van der Waals surface area contributed by atoms with Crippen molar-refractivity contribution >= 4 is 12.0 Å². The van der Waals surface area contributed by atoms with E-state index in [4.69, 9.17) is 4.74 Å². The molecule has 0 aromatic heterocycles. The third-order valence-electron chi connectivity index (χ3n) is 4.00. The summed E-state index contributed by atoms with van der Waals surface area (Å²) in [5.74, 6) is 0.833. The fraction of sp³-hybridized carbons (Fsp3) is 0.526. The van der Waals surface area contributed by atoms with Gasteiger partial charge in [-0.05, 0) is 31.4 Å². The molecule has 0 spiro atoms. The fourth-order valence-corrected chi connectivity index (χ4v) is 2.80. The number of nitrogens with one attached hydrogen (secondary N) is 1. The standard InChI is InChI=1S/C19H27NO2/c1-2-15-22-18-12-8-7-9-16(18)13-14-19(21)20-17-10-5-3-4-6-11-17/h7-9,12-14,17H,2-6,10-11,15H2,1H3,(H,20,21)/b14-13+. The zero-order chi connectivity index (χ0) is 15.6. The Balaban J connectivity index is 1.91. The second-order valence-corrected chi connectivity index (χ2v) is 5.92. The summed E-state index contributed by atoms with van der Waals surface area (Å²) in [4.78, 5) is 12.1. The lowest BCUT2D eigenvalue weighted by Crippen LogP contribution is -2.33. The molecule has 0 bridgehead atoms. The van der Waals surface area contributed by atoms with Gasteiger partial charge in [-0.2, -0.15) is 0 Å². The molecule has 0 heterocycles. The Morgan fingerprint density at radius 3 is 2.68 bits per heavy atom. The van der Waals surface area contributed by atoms with Crippen LogP contribution >= 0.6 is 0 Å². The molecule has 3 nitrogen and oxygen atoms in total. The number of ether oxygens (including phenoxy) is 1. The van der Waals surface area contributed by atoms with Crippen LogP contribution in [-0.4, -0.2) is 18.6 Å². The molecule has 1 fully saturated rings. The zero-order valence-electron chi connectivity index (χ0n) is 13.5. The van der Waals surface area contributed by atoms with Crippen molar-refractivity contribution in [3.05, 3.63) is 35.9 Å². The van der Waals surface area contributed by atoms with Crippen LogP contribution in [0.25, 0.3) is 6.08 Å². The highest BCUT2D eigenvalue weighted by Crippen LogP contribution is 2.20. The van der Waals surface area contributed by atoms with Gasteiger partial charge in [-0.1, -0.05) is 50.8 Å². The average Bonchev–Trinajstić information content (AvgIpc) is 2.80. The maximum atomic E-state index is 12.1. The third-order valence-corrected chi connectivity index (χ3v) is 4.00. The fourth-order valence-electron chi connectivity index (χ4n) is 2.80. The van der Waals surface area contributed by atoms with E-state index in [2.05, 4.69) is 12.2 Å². The number of carbonyl (C=O) groups excluding carboxylic acids is 1. The van der Waals surface area contributed by atoms with Crippen molar-refractivity contribution in [2.24, 2.45) is 0 Å². The summed E-state index contributed by atoms with van der Waals surface area (Å²) < 4.78 is 5.70. The van der Waals surface area contributed by atoms with Crippen molar-refractivity contribution < 1.29 is 9.53 Å². The lowest BCUT2D eigenvalue weighted by atomic mass is 10.1. The predicted octanol–water partition coefficient (Wildman–Crippen LogP) is 4.33. The van der Waals surface area contributed by atoms with Crippen LogP contribution in [0.1, 0.15) is 57.4 Å². The van der Waals surface area contributed by atoms with Crippen LogP contribution in [0.2, 0.25) is 0 Å². The van der Waals surface area contributed by atoms with E-state index in [0.717, 1.165) is 30.6 Å². The Morgan fingerprint density at radius 2 is 1.95 bits per heavy atom. The van der Waals surface area contributed by atoms with Gasteiger partial charge in [0.05, 0.1) is 6.61 Å². The van der Waals surface area contributed by atoms with Gasteiger partial charge >= 0.3 is 0 Å². The van der Waals surface area contributed by atoms with E-state index in [0.29, 0.717) is 12.6 Å². The van der Waals surface area contributed by atoms with E-state index >= 15 is 0 Å². The van der Waals surface area contributed by atoms with Gasteiger partial charge in [0, 0.05) is 17.7 Å². The largest absolute Gasteiger partial charge is 0.493 e. The summed E-state index contributed by atoms with van der Waals surface area (Å²) in [6.45, 7) is 2.78. The molecule has 3 heteroatoms. The molecule has 1 saturated carbocycles. The topological polar surface area (TPSA) is 38.3 Å². The molecule has 0 aliphatic heterocycles. The third kappa shape index (κ3) is 5.55. The van der Waals surface area contributed by atoms with Crippen molar-refractivity contribution in [3.63, 3.8) is 0 Å². The molecule has 2 rings (SSSR count). The van der Waals surface area contributed by atoms with Crippen LogP contribution in [0.3, 0.4) is 0 Å². The maximum Gasteiger partial charge on any atom is 0.244 e. The number of carbonyl (C=O) groups is 1. The van der Waals surface area contributed by atoms with Crippen molar-refractivity contribution in [2.75, 3.05) is 6.61 Å². The first kappa shape index (κ1) is 16.6. The highest BCUT2D eigenvalue weighted by Gasteiger charge is 2.13. The van der Waals surface area contributed by atoms with Crippen LogP contribution in [-0.2, 0) is 4.79 Å². The molecule has 0 unspecified atom stereocenters. The van der Waals surface area contributed by atoms with Crippen LogP contribution in [0.4, 0.5) is 0 Å². The van der Waals surface area contributed by atoms with E-state index in [1.165, 1.54) is 25.7 Å². The van der Waals surface area contributed by atoms with Gasteiger partial charge in [0.2, 0.25) is 5.91 Å². The molecular formula is C19H27NO2. The van der Waals surface area contributed by atoms with E-state index in [-0.39, 0.29) is 5.91 Å². The molecule has 0 saturated heterocycles. The Kier molecular flexibility index (Phi) is 7.01. The van der Waals surface area contributed by atoms with Crippen molar-refractivity contribution in [1.29, 1.82) is 0 Å². The van der Waals surface area contributed by atoms with Gasteiger partial charge in [-0.25, -0.2) is 0 Å². The van der Waals surface area contributed by atoms with Crippen molar-refractivity contribution in [3.8, 4) is 5.75 Å². The number of para-hydroxylation sites is 1. The highest BCUT2D eigenvalue weighted by molar-refractivity contribution is 5.92. The maximum absolute atomic E-state index is 12.1. The molecule has 1 aromatic carbocycles. The van der Waals surface area contributed by atoms with E-state index in [1.54, 1.807) is 6.08 Å². The van der Waals surface area contributed by atoms with Crippen LogP contribution in [0.15, 0.2) is 30.3 Å². The van der Waals surface area contributed by atoms with Crippen molar-refractivity contribution in [1.82, 2.24) is 5.32 Å². The summed E-state index contributed by atoms with van der Waals surface area (Å²) in [7, 11) is 0. The average molecular weight is 301 g/mol. The molecule has 120 valence electrons. The Morgan fingerprint density at radius 1 is 1.23 bits per heavy atom. The first-order valence-corrected chi connectivity index (χ1v) is 8.50. The summed E-state index contributed by atoms with van der Waals surface area (Å²) in [5, 5.41) is 3.13. The van der Waals surface area contributed by atoms with Crippen LogP contribution in [0, 0.1) is 0 Å². The van der Waals surface area contributed by atoms with Crippen LogP contribution in [0.5, 0.6) is 5.75 Å². The number of amides is 1. The number of hydrogen-bond acceptors (Lipinski definition) is 2. The van der Waals surface area contributed by atoms with E-state index < -0.39 is 0 Å². The van der Waals surface area contributed by atoms with Gasteiger partial charge in [0.1, 0.15) is 5.75 Å². The predicted molar refractivity (Wildman–Crippen MR) is 90.9 cm³/mol. The Labute approximate surface area is 133 Å². The molecular weight excluding hydrogens is 274 g/mol. The Bertz CT molecular complexity index is 488. The number of hydrogen-bond donors (Lipinski definition) is 1. The first-order chi connectivity index (χ1) is 10.8. The van der Waals surface area contributed by atoms with Crippen molar-refractivity contribution in [2.45, 2.75) is 57.9 Å². The number of rotatable bonds is 6. The molecule has 1 aromatic rings. The summed E-state index contributed by atoms with van der Waals surface area (Å²) in [5.41, 5.74) is 0.951. The molecule has 22 heavy (non-hydrogen) atoms. The lowest BCUT2D eigenvalue weighted by molar-refractivity contribution is -0.117. The first-order valence-electron chi connectivity index (χ1n) is 8.50. The molecule has 1 aliphatic carbocycles. The minimum Gasteiger partial charge on any atom is -0.493 e. The Hall–Kier alpha value is -1.77. The van der Waals surface area contributed by atoms with Crippen LogP contribution < -0.4 is 10.1 Å². The van der Waals surface area contributed by atoms with Gasteiger partial charge < -0.3 is 10.1 Å². The molecule has 1 amide bonds. The van der Waals surface area contributed by atoms with Gasteiger partial charge in [-0.15, -0.1) is 0 Å². The molecule has 0 atom stereocenters. The normalized spacial score (nSPS) is 16.4. The lowest BCUT2D eigenvalue weighted by Gasteiger charge is -2.14. The molecule has 1 N–H and O–H groups in total. The highest BCUT2D eigenvalue weighted by atomic mass is 16.5. The van der Waals surface area contributed by atoms with E-state index in [9.17, 15) is 4.79 Å². The van der Waals surface area contributed by atoms with E-state index in [1.807, 2.05) is 30.3 Å². The zero-order valence-corrected chi connectivity index (χ0v) is 13.5. The summed E-state index contributed by atoms with van der Waals surface area (Å²) >= 11 is 0. The SMILES string of the molecule is CCCOc1ccccc1/C=C/C(=O)NC1CCCCCC1. The van der Waals surface area contributed by atoms with Gasteiger partial charge in [0.25, 0.3) is 0 Å². The van der Waals surface area contributed by atoms with Gasteiger partial charge in [0.15, 0.2) is 0 Å². The smallest absolute Gasteiger partial charge is 0.244 e. The summed E-state index contributed by atoms with van der Waals surface area (Å²) in [6, 6.07) is 8.17. The van der Waals surface area contributed by atoms with Gasteiger partial charge in [-0.3, -0.25) is 4.79 Å². The molecule has 0 radical (unpaired) electrons. The minimum atomic E-state index is -0.00260. The second-order valence-electron chi connectivity index (χ2n) is 5.92. The number of benzene rings is 1. The minimum absolute atomic E-state index is 0.00260. The quantitative estimate of drug-likeness (QED) is 0.627.